The van der Waals surface area contributed by atoms with E-state index in [0.29, 0.717) is 12.6 Å². The molecule has 1 atom stereocenters. The average molecular weight is 261 g/mol. The molecule has 2 heteroatoms. The Labute approximate surface area is 117 Å². The molecule has 2 N–H and O–H groups in total. The summed E-state index contributed by atoms with van der Waals surface area (Å²) in [5.41, 5.74) is 4.12. The Morgan fingerprint density at radius 1 is 1.16 bits per heavy atom. The van der Waals surface area contributed by atoms with Gasteiger partial charge in [0.1, 0.15) is 0 Å². The standard InChI is InChI=1S/C17H27NO/c1-13-8-14(2)10-16(9-13)15(3)18-11-17(12-19)6-4-5-7-17/h8-10,15,18-19H,4-7,11-12H2,1-3H3. The van der Waals surface area contributed by atoms with Gasteiger partial charge in [0.25, 0.3) is 0 Å². The van der Waals surface area contributed by atoms with Gasteiger partial charge >= 0.3 is 0 Å². The van der Waals surface area contributed by atoms with Crippen LogP contribution in [-0.2, 0) is 0 Å². The number of hydrogen-bond donors (Lipinski definition) is 2. The van der Waals surface area contributed by atoms with Crippen molar-refractivity contribution in [3.63, 3.8) is 0 Å². The smallest absolute Gasteiger partial charge is 0.0499 e. The van der Waals surface area contributed by atoms with Gasteiger partial charge in [-0.15, -0.1) is 0 Å². The minimum Gasteiger partial charge on any atom is -0.396 e. The van der Waals surface area contributed by atoms with Gasteiger partial charge < -0.3 is 10.4 Å². The van der Waals surface area contributed by atoms with Gasteiger partial charge in [-0.1, -0.05) is 42.2 Å². The number of nitrogens with one attached hydrogen (secondary N) is 1. The van der Waals surface area contributed by atoms with Gasteiger partial charge in [-0.2, -0.15) is 0 Å². The van der Waals surface area contributed by atoms with Crippen LogP contribution in [0, 0.1) is 19.3 Å². The average Bonchev–Trinajstić information content (AvgIpc) is 2.84. The van der Waals surface area contributed by atoms with Gasteiger partial charge in [-0.3, -0.25) is 0 Å². The van der Waals surface area contributed by atoms with E-state index in [1.807, 2.05) is 0 Å². The quantitative estimate of drug-likeness (QED) is 0.850. The number of aliphatic hydroxyl groups is 1. The molecule has 2 nitrogen and oxygen atoms in total. The van der Waals surface area contributed by atoms with Crippen molar-refractivity contribution in [2.45, 2.75) is 52.5 Å². The van der Waals surface area contributed by atoms with E-state index < -0.39 is 0 Å². The van der Waals surface area contributed by atoms with Crippen molar-refractivity contribution >= 4 is 0 Å². The maximum atomic E-state index is 9.65. The van der Waals surface area contributed by atoms with Crippen LogP contribution in [0.3, 0.4) is 0 Å². The highest BCUT2D eigenvalue weighted by molar-refractivity contribution is 5.30. The zero-order valence-corrected chi connectivity index (χ0v) is 12.5. The topological polar surface area (TPSA) is 32.3 Å². The fourth-order valence-electron chi connectivity index (χ4n) is 3.26. The van der Waals surface area contributed by atoms with Gasteiger partial charge in [0.2, 0.25) is 0 Å². The Hall–Kier alpha value is -0.860. The van der Waals surface area contributed by atoms with Gasteiger partial charge in [0.15, 0.2) is 0 Å². The molecule has 0 bridgehead atoms. The van der Waals surface area contributed by atoms with Crippen molar-refractivity contribution in [1.82, 2.24) is 5.32 Å². The Balaban J connectivity index is 1.98. The highest BCUT2D eigenvalue weighted by Gasteiger charge is 2.33. The molecule has 0 spiro atoms. The van der Waals surface area contributed by atoms with Crippen LogP contribution in [0.2, 0.25) is 0 Å². The van der Waals surface area contributed by atoms with E-state index in [1.54, 1.807) is 0 Å². The molecular formula is C17H27NO. The van der Waals surface area contributed by atoms with E-state index in [1.165, 1.54) is 29.5 Å². The number of hydrogen-bond acceptors (Lipinski definition) is 2. The molecule has 106 valence electrons. The first-order chi connectivity index (χ1) is 9.04. The molecule has 0 aliphatic heterocycles. The molecule has 0 amide bonds. The Kier molecular flexibility index (Phi) is 4.64. The molecule has 0 radical (unpaired) electrons. The molecule has 1 aromatic rings. The van der Waals surface area contributed by atoms with Crippen LogP contribution in [0.5, 0.6) is 0 Å². The van der Waals surface area contributed by atoms with Gasteiger partial charge in [0, 0.05) is 24.6 Å². The molecule has 1 aliphatic carbocycles. The van der Waals surface area contributed by atoms with Gasteiger partial charge in [-0.25, -0.2) is 0 Å². The van der Waals surface area contributed by atoms with Crippen LogP contribution in [0.15, 0.2) is 18.2 Å². The summed E-state index contributed by atoms with van der Waals surface area (Å²) >= 11 is 0. The van der Waals surface area contributed by atoms with Gasteiger partial charge in [0.05, 0.1) is 0 Å². The lowest BCUT2D eigenvalue weighted by molar-refractivity contribution is 0.125. The Morgan fingerprint density at radius 3 is 2.26 bits per heavy atom. The molecule has 1 fully saturated rings. The fraction of sp³-hybridized carbons (Fsp3) is 0.647. The van der Waals surface area contributed by atoms with E-state index >= 15 is 0 Å². The maximum Gasteiger partial charge on any atom is 0.0499 e. The summed E-state index contributed by atoms with van der Waals surface area (Å²) in [7, 11) is 0. The highest BCUT2D eigenvalue weighted by atomic mass is 16.3. The van der Waals surface area contributed by atoms with E-state index in [4.69, 9.17) is 0 Å². The highest BCUT2D eigenvalue weighted by Crippen LogP contribution is 2.37. The largest absolute Gasteiger partial charge is 0.396 e. The molecule has 0 aromatic heterocycles. The zero-order chi connectivity index (χ0) is 13.9. The van der Waals surface area contributed by atoms with Crippen molar-refractivity contribution in [3.8, 4) is 0 Å². The molecule has 1 saturated carbocycles. The first kappa shape index (κ1) is 14.5. The third-order valence-electron chi connectivity index (χ3n) is 4.53. The lowest BCUT2D eigenvalue weighted by Gasteiger charge is -2.29. The van der Waals surface area contributed by atoms with Crippen LogP contribution in [-0.4, -0.2) is 18.3 Å². The molecule has 1 unspecified atom stereocenters. The molecule has 0 saturated heterocycles. The van der Waals surface area contributed by atoms with Crippen LogP contribution < -0.4 is 5.32 Å². The van der Waals surface area contributed by atoms with Crippen molar-refractivity contribution in [1.29, 1.82) is 0 Å². The molecule has 19 heavy (non-hydrogen) atoms. The van der Waals surface area contributed by atoms with Crippen molar-refractivity contribution in [3.05, 3.63) is 34.9 Å². The lowest BCUT2D eigenvalue weighted by Crippen LogP contribution is -2.36. The van der Waals surface area contributed by atoms with Crippen LogP contribution in [0.1, 0.15) is 55.3 Å². The summed E-state index contributed by atoms with van der Waals surface area (Å²) in [5.74, 6) is 0. The second-order valence-electron chi connectivity index (χ2n) is 6.39. The number of aliphatic hydroxyl groups excluding tert-OH is 1. The van der Waals surface area contributed by atoms with Crippen LogP contribution >= 0.6 is 0 Å². The van der Waals surface area contributed by atoms with Gasteiger partial charge in [-0.05, 0) is 39.2 Å². The summed E-state index contributed by atoms with van der Waals surface area (Å²) in [6, 6.07) is 7.07. The first-order valence-corrected chi connectivity index (χ1v) is 7.47. The second-order valence-corrected chi connectivity index (χ2v) is 6.39. The molecule has 2 rings (SSSR count). The van der Waals surface area contributed by atoms with Crippen molar-refractivity contribution in [2.24, 2.45) is 5.41 Å². The van der Waals surface area contributed by atoms with E-state index in [9.17, 15) is 5.11 Å². The summed E-state index contributed by atoms with van der Waals surface area (Å²) in [6.07, 6.45) is 4.85. The number of benzene rings is 1. The summed E-state index contributed by atoms with van der Waals surface area (Å²) < 4.78 is 0. The summed E-state index contributed by atoms with van der Waals surface area (Å²) in [6.45, 7) is 7.76. The summed E-state index contributed by atoms with van der Waals surface area (Å²) in [4.78, 5) is 0. The van der Waals surface area contributed by atoms with Crippen LogP contribution in [0.25, 0.3) is 0 Å². The van der Waals surface area contributed by atoms with E-state index in [-0.39, 0.29) is 5.41 Å². The zero-order valence-electron chi connectivity index (χ0n) is 12.5. The third kappa shape index (κ3) is 3.58. The van der Waals surface area contributed by atoms with E-state index in [2.05, 4.69) is 44.3 Å². The maximum absolute atomic E-state index is 9.65. The van der Waals surface area contributed by atoms with E-state index in [0.717, 1.165) is 19.4 Å². The molecule has 0 heterocycles. The van der Waals surface area contributed by atoms with Crippen molar-refractivity contribution < 1.29 is 5.11 Å². The predicted octanol–water partition coefficient (Wildman–Crippen LogP) is 3.51. The number of aryl methyl sites for hydroxylation is 2. The fourth-order valence-corrected chi connectivity index (χ4v) is 3.26. The van der Waals surface area contributed by atoms with Crippen LogP contribution in [0.4, 0.5) is 0 Å². The first-order valence-electron chi connectivity index (χ1n) is 7.47. The van der Waals surface area contributed by atoms with Crippen molar-refractivity contribution in [2.75, 3.05) is 13.2 Å². The minimum absolute atomic E-state index is 0.132. The minimum atomic E-state index is 0.132. The normalized spacial score (nSPS) is 19.6. The molecular weight excluding hydrogens is 234 g/mol. The monoisotopic (exact) mass is 261 g/mol. The Morgan fingerprint density at radius 2 is 1.74 bits per heavy atom. The second kappa shape index (κ2) is 6.06. The lowest BCUT2D eigenvalue weighted by atomic mass is 9.86. The number of rotatable bonds is 5. The summed E-state index contributed by atoms with van der Waals surface area (Å²) in [5, 5.41) is 13.3. The SMILES string of the molecule is Cc1cc(C)cc(C(C)NCC2(CO)CCCC2)c1. The molecule has 1 aromatic carbocycles. The predicted molar refractivity (Wildman–Crippen MR) is 80.3 cm³/mol. The molecule has 1 aliphatic rings. The Bertz CT molecular complexity index is 401. The third-order valence-corrected chi connectivity index (χ3v) is 4.53.